The SMILES string of the molecule is CCNC(=O)Oc1ccc(C(O)(CC)c2cccc(C(F)(F)F)c2)cc1. The van der Waals surface area contributed by atoms with Crippen molar-refractivity contribution in [1.29, 1.82) is 0 Å². The molecule has 0 bridgehead atoms. The highest BCUT2D eigenvalue weighted by atomic mass is 19.4. The van der Waals surface area contributed by atoms with E-state index in [1.165, 1.54) is 36.4 Å². The van der Waals surface area contributed by atoms with Gasteiger partial charge in [0.2, 0.25) is 0 Å². The van der Waals surface area contributed by atoms with Gasteiger partial charge in [0.25, 0.3) is 0 Å². The van der Waals surface area contributed by atoms with Gasteiger partial charge in [0.15, 0.2) is 0 Å². The molecule has 2 rings (SSSR count). The van der Waals surface area contributed by atoms with Gasteiger partial charge in [-0.2, -0.15) is 13.2 Å². The summed E-state index contributed by atoms with van der Waals surface area (Å²) in [7, 11) is 0. The molecule has 0 radical (unpaired) electrons. The third-order valence-corrected chi connectivity index (χ3v) is 4.04. The molecule has 0 saturated heterocycles. The second kappa shape index (κ2) is 7.78. The fourth-order valence-electron chi connectivity index (χ4n) is 2.61. The topological polar surface area (TPSA) is 58.6 Å². The van der Waals surface area contributed by atoms with E-state index < -0.39 is 23.4 Å². The Morgan fingerprint density at radius 2 is 1.65 bits per heavy atom. The maximum absolute atomic E-state index is 13.0. The molecule has 140 valence electrons. The van der Waals surface area contributed by atoms with Gasteiger partial charge in [-0.3, -0.25) is 0 Å². The predicted octanol–water partition coefficient (Wildman–Crippen LogP) is 4.46. The summed E-state index contributed by atoms with van der Waals surface area (Å²) >= 11 is 0. The molecule has 2 aromatic rings. The van der Waals surface area contributed by atoms with Crippen molar-refractivity contribution >= 4 is 6.09 Å². The number of carbonyl (C=O) groups is 1. The molecular formula is C19H20F3NO3. The van der Waals surface area contributed by atoms with E-state index in [4.69, 9.17) is 4.74 Å². The van der Waals surface area contributed by atoms with E-state index in [9.17, 15) is 23.1 Å². The van der Waals surface area contributed by atoms with Crippen molar-refractivity contribution in [2.45, 2.75) is 32.0 Å². The molecule has 4 nitrogen and oxygen atoms in total. The molecule has 0 spiro atoms. The van der Waals surface area contributed by atoms with Gasteiger partial charge in [0.1, 0.15) is 11.4 Å². The number of hydrogen-bond acceptors (Lipinski definition) is 3. The van der Waals surface area contributed by atoms with E-state index in [1.807, 2.05) is 0 Å². The van der Waals surface area contributed by atoms with Crippen molar-refractivity contribution in [3.63, 3.8) is 0 Å². The van der Waals surface area contributed by atoms with Crippen molar-refractivity contribution in [1.82, 2.24) is 5.32 Å². The number of carbonyl (C=O) groups excluding carboxylic acids is 1. The molecule has 2 N–H and O–H groups in total. The Morgan fingerprint density at radius 1 is 1.04 bits per heavy atom. The number of alkyl halides is 3. The Bertz CT molecular complexity index is 759. The smallest absolute Gasteiger partial charge is 0.410 e. The van der Waals surface area contributed by atoms with Crippen molar-refractivity contribution < 1.29 is 27.8 Å². The molecule has 2 aromatic carbocycles. The average Bonchev–Trinajstić information content (AvgIpc) is 2.61. The van der Waals surface area contributed by atoms with Gasteiger partial charge in [-0.15, -0.1) is 0 Å². The number of rotatable bonds is 5. The number of ether oxygens (including phenoxy) is 1. The number of halogens is 3. The molecule has 0 saturated carbocycles. The Labute approximate surface area is 149 Å². The molecule has 0 aliphatic carbocycles. The van der Waals surface area contributed by atoms with Gasteiger partial charge in [-0.25, -0.2) is 4.79 Å². The van der Waals surface area contributed by atoms with Crippen LogP contribution in [0, 0.1) is 0 Å². The van der Waals surface area contributed by atoms with Crippen molar-refractivity contribution in [2.75, 3.05) is 6.54 Å². The van der Waals surface area contributed by atoms with E-state index in [-0.39, 0.29) is 17.7 Å². The van der Waals surface area contributed by atoms with Gasteiger partial charge < -0.3 is 15.2 Å². The highest BCUT2D eigenvalue weighted by Gasteiger charge is 2.34. The van der Waals surface area contributed by atoms with Crippen LogP contribution in [0.1, 0.15) is 37.0 Å². The number of hydrogen-bond donors (Lipinski definition) is 2. The van der Waals surface area contributed by atoms with E-state index in [0.717, 1.165) is 12.1 Å². The summed E-state index contributed by atoms with van der Waals surface area (Å²) in [5.41, 5.74) is -1.86. The van der Waals surface area contributed by atoms with Crippen LogP contribution in [0.3, 0.4) is 0 Å². The number of nitrogens with one attached hydrogen (secondary N) is 1. The molecule has 1 amide bonds. The van der Waals surface area contributed by atoms with E-state index in [1.54, 1.807) is 13.8 Å². The largest absolute Gasteiger partial charge is 0.416 e. The summed E-state index contributed by atoms with van der Waals surface area (Å²) in [6, 6.07) is 10.7. The van der Waals surface area contributed by atoms with E-state index in [0.29, 0.717) is 12.1 Å². The molecule has 0 aliphatic rings. The molecule has 0 heterocycles. The van der Waals surface area contributed by atoms with E-state index in [2.05, 4.69) is 5.32 Å². The monoisotopic (exact) mass is 367 g/mol. The molecule has 1 atom stereocenters. The first-order valence-electron chi connectivity index (χ1n) is 8.17. The first-order valence-corrected chi connectivity index (χ1v) is 8.17. The van der Waals surface area contributed by atoms with Crippen LogP contribution in [0.2, 0.25) is 0 Å². The lowest BCUT2D eigenvalue weighted by Crippen LogP contribution is -2.27. The second-order valence-electron chi connectivity index (χ2n) is 5.74. The van der Waals surface area contributed by atoms with Crippen molar-refractivity contribution in [3.05, 3.63) is 65.2 Å². The summed E-state index contributed by atoms with van der Waals surface area (Å²) in [6.07, 6.45) is -4.93. The van der Waals surface area contributed by atoms with Crippen molar-refractivity contribution in [2.24, 2.45) is 0 Å². The summed E-state index contributed by atoms with van der Waals surface area (Å²) in [5, 5.41) is 13.5. The zero-order valence-corrected chi connectivity index (χ0v) is 14.4. The minimum atomic E-state index is -4.49. The Hall–Kier alpha value is -2.54. The highest BCUT2D eigenvalue weighted by molar-refractivity contribution is 5.70. The molecule has 7 heteroatoms. The first kappa shape index (κ1) is 19.8. The van der Waals surface area contributed by atoms with Crippen LogP contribution in [0.25, 0.3) is 0 Å². The lowest BCUT2D eigenvalue weighted by molar-refractivity contribution is -0.137. The molecular weight excluding hydrogens is 347 g/mol. The number of amides is 1. The average molecular weight is 367 g/mol. The number of aliphatic hydroxyl groups is 1. The van der Waals surface area contributed by atoms with E-state index >= 15 is 0 Å². The minimum Gasteiger partial charge on any atom is -0.410 e. The lowest BCUT2D eigenvalue weighted by atomic mass is 9.83. The zero-order chi connectivity index (χ0) is 19.4. The normalized spacial score (nSPS) is 13.8. The van der Waals surface area contributed by atoms with Crippen LogP contribution in [0.5, 0.6) is 5.75 Å². The zero-order valence-electron chi connectivity index (χ0n) is 14.4. The maximum Gasteiger partial charge on any atom is 0.416 e. The fourth-order valence-corrected chi connectivity index (χ4v) is 2.61. The van der Waals surface area contributed by atoms with Gasteiger partial charge >= 0.3 is 12.3 Å². The molecule has 0 aliphatic heterocycles. The summed E-state index contributed by atoms with van der Waals surface area (Å²) in [6.45, 7) is 3.85. The number of benzene rings is 2. The van der Waals surface area contributed by atoms with Gasteiger partial charge in [-0.1, -0.05) is 31.2 Å². The molecule has 1 unspecified atom stereocenters. The summed E-state index contributed by atoms with van der Waals surface area (Å²) < 4.78 is 43.9. The van der Waals surface area contributed by atoms with Crippen molar-refractivity contribution in [3.8, 4) is 5.75 Å². The van der Waals surface area contributed by atoms with Crippen LogP contribution >= 0.6 is 0 Å². The van der Waals surface area contributed by atoms with Crippen LogP contribution in [-0.2, 0) is 11.8 Å². The lowest BCUT2D eigenvalue weighted by Gasteiger charge is -2.29. The molecule has 0 fully saturated rings. The highest BCUT2D eigenvalue weighted by Crippen LogP contribution is 2.37. The third-order valence-electron chi connectivity index (χ3n) is 4.04. The second-order valence-corrected chi connectivity index (χ2v) is 5.74. The van der Waals surface area contributed by atoms with Gasteiger partial charge in [0.05, 0.1) is 5.56 Å². The Morgan fingerprint density at radius 3 is 2.19 bits per heavy atom. The van der Waals surface area contributed by atoms with Crippen LogP contribution < -0.4 is 10.1 Å². The summed E-state index contributed by atoms with van der Waals surface area (Å²) in [4.78, 5) is 11.4. The minimum absolute atomic E-state index is 0.146. The molecule has 0 aromatic heterocycles. The first-order chi connectivity index (χ1) is 12.2. The van der Waals surface area contributed by atoms with Crippen LogP contribution in [0.15, 0.2) is 48.5 Å². The predicted molar refractivity (Wildman–Crippen MR) is 90.9 cm³/mol. The maximum atomic E-state index is 13.0. The fraction of sp³-hybridized carbons (Fsp3) is 0.316. The Kier molecular flexibility index (Phi) is 5.92. The van der Waals surface area contributed by atoms with Gasteiger partial charge in [-0.05, 0) is 48.7 Å². The van der Waals surface area contributed by atoms with Crippen LogP contribution in [0.4, 0.5) is 18.0 Å². The summed E-state index contributed by atoms with van der Waals surface area (Å²) in [5.74, 6) is 0.266. The molecule has 26 heavy (non-hydrogen) atoms. The third kappa shape index (κ3) is 4.35. The quantitative estimate of drug-likeness (QED) is 0.820. The standard InChI is InChI=1S/C19H20F3NO3/c1-3-18(25,14-6-5-7-15(12-14)19(20,21)22)13-8-10-16(11-9-13)26-17(24)23-4-2/h5-12,25H,3-4H2,1-2H3,(H,23,24). The van der Waals surface area contributed by atoms with Crippen LogP contribution in [-0.4, -0.2) is 17.7 Å². The Balaban J connectivity index is 2.33. The van der Waals surface area contributed by atoms with Gasteiger partial charge in [0, 0.05) is 6.54 Å².